The first-order chi connectivity index (χ1) is 11.6. The molecule has 0 aliphatic carbocycles. The third-order valence-corrected chi connectivity index (χ3v) is 3.50. The van der Waals surface area contributed by atoms with Crippen molar-refractivity contribution < 1.29 is 18.9 Å². The smallest absolute Gasteiger partial charge is 0.269 e. The van der Waals surface area contributed by atoms with E-state index in [4.69, 9.17) is 9.15 Å². The van der Waals surface area contributed by atoms with Crippen LogP contribution in [0.3, 0.4) is 0 Å². The fourth-order valence-corrected chi connectivity index (χ4v) is 2.28. The number of carbonyl (C=O) groups excluding carboxylic acids is 1. The van der Waals surface area contributed by atoms with Crippen LogP contribution in [0.2, 0.25) is 0 Å². The number of ether oxygens (including phenoxy) is 1. The summed E-state index contributed by atoms with van der Waals surface area (Å²) in [5, 5.41) is 11.4. The van der Waals surface area contributed by atoms with Gasteiger partial charge in [0, 0.05) is 17.5 Å². The Hall–Kier alpha value is -3.41. The Labute approximate surface area is 137 Å². The number of fused-ring (bicyclic) bond motifs is 1. The van der Waals surface area contributed by atoms with Crippen LogP contribution in [0.5, 0.6) is 5.75 Å². The van der Waals surface area contributed by atoms with Crippen molar-refractivity contribution >= 4 is 28.5 Å². The number of carbonyl (C=O) groups is 1. The Morgan fingerprint density at radius 3 is 2.62 bits per heavy atom. The predicted molar refractivity (Wildman–Crippen MR) is 89.2 cm³/mol. The lowest BCUT2D eigenvalue weighted by atomic mass is 10.1. The van der Waals surface area contributed by atoms with Crippen molar-refractivity contribution in [2.45, 2.75) is 0 Å². The number of nitro groups is 1. The van der Waals surface area contributed by atoms with Crippen LogP contribution in [0.15, 0.2) is 59.0 Å². The van der Waals surface area contributed by atoms with Gasteiger partial charge in [0.25, 0.3) is 5.69 Å². The first kappa shape index (κ1) is 15.5. The van der Waals surface area contributed by atoms with E-state index in [1.165, 1.54) is 25.3 Å². The minimum atomic E-state index is -0.472. The maximum absolute atomic E-state index is 12.2. The van der Waals surface area contributed by atoms with E-state index in [1.807, 2.05) is 12.1 Å². The van der Waals surface area contributed by atoms with Gasteiger partial charge in [-0.2, -0.15) is 0 Å². The lowest BCUT2D eigenvalue weighted by Gasteiger charge is -1.98. The van der Waals surface area contributed by atoms with E-state index in [0.717, 1.165) is 5.39 Å². The van der Waals surface area contributed by atoms with E-state index >= 15 is 0 Å². The van der Waals surface area contributed by atoms with Gasteiger partial charge in [-0.1, -0.05) is 18.2 Å². The summed E-state index contributed by atoms with van der Waals surface area (Å²) in [6.45, 7) is 0. The Bertz CT molecular complexity index is 938. The van der Waals surface area contributed by atoms with Gasteiger partial charge in [0.2, 0.25) is 5.78 Å². The van der Waals surface area contributed by atoms with Gasteiger partial charge >= 0.3 is 0 Å². The van der Waals surface area contributed by atoms with Gasteiger partial charge in [-0.15, -0.1) is 0 Å². The summed E-state index contributed by atoms with van der Waals surface area (Å²) in [7, 11) is 1.54. The monoisotopic (exact) mass is 323 g/mol. The Balaban J connectivity index is 1.83. The number of hydrogen-bond acceptors (Lipinski definition) is 5. The molecule has 0 spiro atoms. The molecule has 24 heavy (non-hydrogen) atoms. The third kappa shape index (κ3) is 3.03. The standard InChI is InChI=1S/C18H13NO5/c1-23-16-4-2-3-13-11-17(24-18(13)16)15(20)10-7-12-5-8-14(9-6-12)19(21)22/h2-11H,1H3/b10-7+. The Morgan fingerprint density at radius 2 is 1.96 bits per heavy atom. The maximum Gasteiger partial charge on any atom is 0.269 e. The number of allylic oxidation sites excluding steroid dienone is 1. The van der Waals surface area contributed by atoms with Gasteiger partial charge < -0.3 is 9.15 Å². The van der Waals surface area contributed by atoms with Crippen LogP contribution < -0.4 is 4.74 Å². The molecule has 0 bridgehead atoms. The Morgan fingerprint density at radius 1 is 1.21 bits per heavy atom. The number of nitro benzene ring substituents is 1. The maximum atomic E-state index is 12.2. The molecular weight excluding hydrogens is 310 g/mol. The van der Waals surface area contributed by atoms with Gasteiger partial charge in [-0.05, 0) is 35.9 Å². The van der Waals surface area contributed by atoms with Crippen LogP contribution in [0, 0.1) is 10.1 Å². The van der Waals surface area contributed by atoms with Gasteiger partial charge in [-0.3, -0.25) is 14.9 Å². The van der Waals surface area contributed by atoms with Crippen molar-refractivity contribution in [1.82, 2.24) is 0 Å². The SMILES string of the molecule is COc1cccc2cc(C(=O)/C=C/c3ccc([N+](=O)[O-])cc3)oc12. The number of rotatable bonds is 5. The molecule has 0 radical (unpaired) electrons. The molecule has 0 saturated carbocycles. The molecule has 120 valence electrons. The molecule has 0 amide bonds. The summed E-state index contributed by atoms with van der Waals surface area (Å²) in [5.41, 5.74) is 1.21. The second-order valence-corrected chi connectivity index (χ2v) is 5.04. The molecule has 6 heteroatoms. The number of methoxy groups -OCH3 is 1. The van der Waals surface area contributed by atoms with Crippen molar-refractivity contribution in [2.75, 3.05) is 7.11 Å². The lowest BCUT2D eigenvalue weighted by Crippen LogP contribution is -1.91. The summed E-state index contributed by atoms with van der Waals surface area (Å²) in [6, 6.07) is 13.0. The number of benzene rings is 2. The molecule has 6 nitrogen and oxygen atoms in total. The summed E-state index contributed by atoms with van der Waals surface area (Å²) in [5.74, 6) is 0.463. The summed E-state index contributed by atoms with van der Waals surface area (Å²) < 4.78 is 10.8. The number of para-hydroxylation sites is 1. The largest absolute Gasteiger partial charge is 0.493 e. The van der Waals surface area contributed by atoms with Crippen LogP contribution in [-0.2, 0) is 0 Å². The quantitative estimate of drug-likeness (QED) is 0.303. The van der Waals surface area contributed by atoms with E-state index < -0.39 is 4.92 Å². The molecule has 0 saturated heterocycles. The van der Waals surface area contributed by atoms with Gasteiger partial charge in [0.15, 0.2) is 17.1 Å². The highest BCUT2D eigenvalue weighted by Gasteiger charge is 2.12. The van der Waals surface area contributed by atoms with Crippen LogP contribution in [0.25, 0.3) is 17.0 Å². The Kier molecular flexibility index (Phi) is 4.11. The molecule has 2 aromatic carbocycles. The fourth-order valence-electron chi connectivity index (χ4n) is 2.28. The molecule has 0 fully saturated rings. The molecule has 3 rings (SSSR count). The molecule has 3 aromatic rings. The normalized spacial score (nSPS) is 11.0. The molecule has 0 unspecified atom stereocenters. The highest BCUT2D eigenvalue weighted by atomic mass is 16.6. The molecule has 1 aromatic heterocycles. The highest BCUT2D eigenvalue weighted by Crippen LogP contribution is 2.28. The zero-order chi connectivity index (χ0) is 17.1. The molecule has 0 aliphatic rings. The van der Waals surface area contributed by atoms with Crippen LogP contribution in [0.4, 0.5) is 5.69 Å². The summed E-state index contributed by atoms with van der Waals surface area (Å²) in [4.78, 5) is 22.4. The van der Waals surface area contributed by atoms with E-state index in [1.54, 1.807) is 30.3 Å². The summed E-state index contributed by atoms with van der Waals surface area (Å²) in [6.07, 6.45) is 2.95. The summed E-state index contributed by atoms with van der Waals surface area (Å²) >= 11 is 0. The molecular formula is C18H13NO5. The van der Waals surface area contributed by atoms with E-state index in [2.05, 4.69) is 0 Å². The molecule has 0 aliphatic heterocycles. The van der Waals surface area contributed by atoms with Crippen molar-refractivity contribution in [3.8, 4) is 5.75 Å². The topological polar surface area (TPSA) is 82.6 Å². The first-order valence-corrected chi connectivity index (χ1v) is 7.12. The minimum Gasteiger partial charge on any atom is -0.493 e. The zero-order valence-electron chi connectivity index (χ0n) is 12.8. The molecule has 0 N–H and O–H groups in total. The first-order valence-electron chi connectivity index (χ1n) is 7.12. The molecule has 1 heterocycles. The predicted octanol–water partition coefficient (Wildman–Crippen LogP) is 4.25. The minimum absolute atomic E-state index is 0.00264. The fraction of sp³-hybridized carbons (Fsp3) is 0.0556. The van der Waals surface area contributed by atoms with Crippen molar-refractivity contribution in [2.24, 2.45) is 0 Å². The van der Waals surface area contributed by atoms with Gasteiger partial charge in [0.1, 0.15) is 0 Å². The van der Waals surface area contributed by atoms with Crippen LogP contribution >= 0.6 is 0 Å². The van der Waals surface area contributed by atoms with E-state index in [9.17, 15) is 14.9 Å². The number of non-ortho nitro benzene ring substituents is 1. The zero-order valence-corrected chi connectivity index (χ0v) is 12.8. The van der Waals surface area contributed by atoms with Gasteiger partial charge in [-0.25, -0.2) is 0 Å². The van der Waals surface area contributed by atoms with Crippen molar-refractivity contribution in [3.05, 3.63) is 76.0 Å². The highest BCUT2D eigenvalue weighted by molar-refractivity contribution is 6.07. The molecule has 0 atom stereocenters. The third-order valence-electron chi connectivity index (χ3n) is 3.50. The van der Waals surface area contributed by atoms with E-state index in [0.29, 0.717) is 16.9 Å². The van der Waals surface area contributed by atoms with Crippen LogP contribution in [0.1, 0.15) is 16.1 Å². The average molecular weight is 323 g/mol. The van der Waals surface area contributed by atoms with E-state index in [-0.39, 0.29) is 17.2 Å². The van der Waals surface area contributed by atoms with Crippen molar-refractivity contribution in [3.63, 3.8) is 0 Å². The number of nitrogens with zero attached hydrogens (tertiary/aromatic N) is 1. The average Bonchev–Trinajstić information content (AvgIpc) is 3.04. The van der Waals surface area contributed by atoms with Crippen LogP contribution in [-0.4, -0.2) is 17.8 Å². The number of furan rings is 1. The number of ketones is 1. The lowest BCUT2D eigenvalue weighted by molar-refractivity contribution is -0.384. The second kappa shape index (κ2) is 6.37. The second-order valence-electron chi connectivity index (χ2n) is 5.04. The van der Waals surface area contributed by atoms with Gasteiger partial charge in [0.05, 0.1) is 12.0 Å². The number of hydrogen-bond donors (Lipinski definition) is 0. The van der Waals surface area contributed by atoms with Crippen molar-refractivity contribution in [1.29, 1.82) is 0 Å².